The Morgan fingerprint density at radius 1 is 1.47 bits per heavy atom. The number of nitrogens with one attached hydrogen (secondary N) is 2. The van der Waals surface area contributed by atoms with Crippen LogP contribution < -0.4 is 10.6 Å². The van der Waals surface area contributed by atoms with Crippen molar-refractivity contribution in [3.63, 3.8) is 0 Å². The predicted molar refractivity (Wildman–Crippen MR) is 69.8 cm³/mol. The van der Waals surface area contributed by atoms with Gasteiger partial charge in [-0.3, -0.25) is 4.79 Å². The molecule has 0 radical (unpaired) electrons. The highest BCUT2D eigenvalue weighted by atomic mass is 16.3. The monoisotopic (exact) mass is 257 g/mol. The van der Waals surface area contributed by atoms with Gasteiger partial charge in [-0.15, -0.1) is 0 Å². The van der Waals surface area contributed by atoms with E-state index in [2.05, 4.69) is 15.6 Å². The van der Waals surface area contributed by atoms with E-state index in [9.17, 15) is 4.79 Å². The van der Waals surface area contributed by atoms with E-state index in [4.69, 9.17) is 4.42 Å². The van der Waals surface area contributed by atoms with Crippen LogP contribution in [-0.2, 0) is 0 Å². The summed E-state index contributed by atoms with van der Waals surface area (Å²) in [6.07, 6.45) is 6.63. The molecule has 19 heavy (non-hydrogen) atoms. The van der Waals surface area contributed by atoms with Crippen molar-refractivity contribution in [3.8, 4) is 0 Å². The lowest BCUT2D eigenvalue weighted by Crippen LogP contribution is -2.43. The van der Waals surface area contributed by atoms with Gasteiger partial charge in [0.2, 0.25) is 0 Å². The van der Waals surface area contributed by atoms with Crippen molar-refractivity contribution in [3.05, 3.63) is 30.3 Å². The number of furan rings is 1. The second kappa shape index (κ2) is 4.06. The van der Waals surface area contributed by atoms with E-state index in [1.165, 1.54) is 6.42 Å². The van der Waals surface area contributed by atoms with Gasteiger partial charge in [0.15, 0.2) is 5.58 Å². The van der Waals surface area contributed by atoms with E-state index in [0.29, 0.717) is 23.4 Å². The Kier molecular flexibility index (Phi) is 2.35. The summed E-state index contributed by atoms with van der Waals surface area (Å²) in [7, 11) is 0. The highest BCUT2D eigenvalue weighted by Gasteiger charge is 2.39. The largest absolute Gasteiger partial charge is 0.463 e. The number of hydrogen-bond acceptors (Lipinski definition) is 4. The number of fused-ring (bicyclic) bond motifs is 3. The van der Waals surface area contributed by atoms with Crippen LogP contribution in [0.25, 0.3) is 11.0 Å². The third-order valence-electron chi connectivity index (χ3n) is 4.19. The van der Waals surface area contributed by atoms with E-state index in [-0.39, 0.29) is 11.9 Å². The minimum absolute atomic E-state index is 0.0950. The van der Waals surface area contributed by atoms with Gasteiger partial charge in [0.05, 0.1) is 12.5 Å². The van der Waals surface area contributed by atoms with Crippen molar-refractivity contribution in [2.24, 2.45) is 0 Å². The molecule has 2 N–H and O–H groups in total. The molecule has 2 aromatic rings. The summed E-state index contributed by atoms with van der Waals surface area (Å²) >= 11 is 0. The van der Waals surface area contributed by atoms with Crippen molar-refractivity contribution >= 4 is 16.9 Å². The lowest BCUT2D eigenvalue weighted by Gasteiger charge is -2.21. The Morgan fingerprint density at radius 3 is 3.21 bits per heavy atom. The molecule has 5 nitrogen and oxygen atoms in total. The Hall–Kier alpha value is -1.88. The van der Waals surface area contributed by atoms with Gasteiger partial charge in [-0.25, -0.2) is 4.98 Å². The van der Waals surface area contributed by atoms with Crippen LogP contribution in [0.3, 0.4) is 0 Å². The first-order chi connectivity index (χ1) is 9.29. The second-order valence-electron chi connectivity index (χ2n) is 5.39. The van der Waals surface area contributed by atoms with E-state index >= 15 is 0 Å². The van der Waals surface area contributed by atoms with Crippen LogP contribution in [0, 0.1) is 0 Å². The zero-order chi connectivity index (χ0) is 12.8. The fourth-order valence-corrected chi connectivity index (χ4v) is 3.22. The van der Waals surface area contributed by atoms with Gasteiger partial charge in [-0.1, -0.05) is 0 Å². The Balaban J connectivity index is 1.53. The molecule has 3 atom stereocenters. The van der Waals surface area contributed by atoms with Crippen LogP contribution in [0.1, 0.15) is 29.8 Å². The van der Waals surface area contributed by atoms with Crippen molar-refractivity contribution in [2.45, 2.75) is 37.4 Å². The van der Waals surface area contributed by atoms with Crippen LogP contribution in [-0.4, -0.2) is 29.0 Å². The zero-order valence-corrected chi connectivity index (χ0v) is 10.4. The average molecular weight is 257 g/mol. The van der Waals surface area contributed by atoms with Gasteiger partial charge in [0.1, 0.15) is 5.69 Å². The van der Waals surface area contributed by atoms with Gasteiger partial charge >= 0.3 is 0 Å². The first-order valence-electron chi connectivity index (χ1n) is 6.70. The van der Waals surface area contributed by atoms with Crippen molar-refractivity contribution in [2.75, 3.05) is 0 Å². The Bertz CT molecular complexity index is 636. The molecular formula is C14H15N3O2. The van der Waals surface area contributed by atoms with Gasteiger partial charge < -0.3 is 15.1 Å². The van der Waals surface area contributed by atoms with Crippen LogP contribution in [0.2, 0.25) is 0 Å². The molecule has 0 aliphatic carbocycles. The number of nitrogens with zero attached hydrogens (tertiary/aromatic N) is 1. The molecule has 2 saturated heterocycles. The minimum atomic E-state index is -0.0950. The van der Waals surface area contributed by atoms with E-state index in [0.717, 1.165) is 18.2 Å². The molecule has 0 saturated carbocycles. The van der Waals surface area contributed by atoms with E-state index in [1.54, 1.807) is 18.5 Å². The number of rotatable bonds is 2. The summed E-state index contributed by atoms with van der Waals surface area (Å²) < 4.78 is 5.22. The number of amides is 1. The Labute approximate surface area is 110 Å². The maximum atomic E-state index is 12.2. The van der Waals surface area contributed by atoms with Crippen LogP contribution in [0.5, 0.6) is 0 Å². The molecular weight excluding hydrogens is 242 g/mol. The number of hydrogen-bond donors (Lipinski definition) is 2. The lowest BCUT2D eigenvalue weighted by atomic mass is 9.95. The van der Waals surface area contributed by atoms with Gasteiger partial charge in [-0.2, -0.15) is 0 Å². The fourth-order valence-electron chi connectivity index (χ4n) is 3.22. The summed E-state index contributed by atoms with van der Waals surface area (Å²) in [5.41, 5.74) is 1.16. The molecule has 2 aliphatic heterocycles. The van der Waals surface area contributed by atoms with Gasteiger partial charge in [0.25, 0.3) is 5.91 Å². The molecule has 0 aromatic carbocycles. The third kappa shape index (κ3) is 1.81. The maximum Gasteiger partial charge on any atom is 0.270 e. The SMILES string of the molecule is O=C(N[C@H]1C[C@@H]2CC[C@H]1N2)c1cc2ccoc2cn1. The van der Waals surface area contributed by atoms with Crippen molar-refractivity contribution in [1.82, 2.24) is 15.6 Å². The summed E-state index contributed by atoms with van der Waals surface area (Å²) in [4.78, 5) is 16.4. The number of carbonyl (C=O) groups excluding carboxylic acids is 1. The number of aromatic nitrogens is 1. The van der Waals surface area contributed by atoms with Crippen LogP contribution in [0.15, 0.2) is 29.0 Å². The summed E-state index contributed by atoms with van der Waals surface area (Å²) in [5, 5.41) is 7.51. The molecule has 0 unspecified atom stereocenters. The highest BCUT2D eigenvalue weighted by molar-refractivity contribution is 5.95. The van der Waals surface area contributed by atoms with Gasteiger partial charge in [-0.05, 0) is 31.4 Å². The van der Waals surface area contributed by atoms with Crippen molar-refractivity contribution < 1.29 is 9.21 Å². The minimum Gasteiger partial charge on any atom is -0.463 e. The van der Waals surface area contributed by atoms with E-state index in [1.807, 2.05) is 6.07 Å². The molecule has 98 valence electrons. The maximum absolute atomic E-state index is 12.2. The smallest absolute Gasteiger partial charge is 0.270 e. The fraction of sp³-hybridized carbons (Fsp3) is 0.429. The molecule has 4 heterocycles. The normalized spacial score (nSPS) is 28.9. The number of pyridine rings is 1. The number of carbonyl (C=O) groups is 1. The predicted octanol–water partition coefficient (Wildman–Crippen LogP) is 1.45. The van der Waals surface area contributed by atoms with Gasteiger partial charge in [0, 0.05) is 23.5 Å². The van der Waals surface area contributed by atoms with Crippen LogP contribution in [0.4, 0.5) is 0 Å². The first kappa shape index (κ1) is 11.0. The Morgan fingerprint density at radius 2 is 2.42 bits per heavy atom. The third-order valence-corrected chi connectivity index (χ3v) is 4.19. The quantitative estimate of drug-likeness (QED) is 0.854. The average Bonchev–Trinajstić information content (AvgIpc) is 3.13. The standard InChI is InChI=1S/C14H15N3O2/c18-14(17-11-6-9-1-2-10(11)16-9)12-5-8-3-4-19-13(8)7-15-12/h3-5,7,9-11,16H,1-2,6H2,(H,17,18)/t9-,10+,11-/m0/s1. The summed E-state index contributed by atoms with van der Waals surface area (Å²) in [6, 6.07) is 4.88. The molecule has 4 rings (SSSR count). The topological polar surface area (TPSA) is 67.2 Å². The molecule has 2 bridgehead atoms. The van der Waals surface area contributed by atoms with Crippen molar-refractivity contribution in [1.29, 1.82) is 0 Å². The molecule has 2 fully saturated rings. The summed E-state index contributed by atoms with van der Waals surface area (Å²) in [6.45, 7) is 0. The van der Waals surface area contributed by atoms with Crippen LogP contribution >= 0.6 is 0 Å². The molecule has 0 spiro atoms. The van der Waals surface area contributed by atoms with E-state index < -0.39 is 0 Å². The lowest BCUT2D eigenvalue weighted by molar-refractivity contribution is 0.0926. The second-order valence-corrected chi connectivity index (χ2v) is 5.39. The first-order valence-corrected chi connectivity index (χ1v) is 6.70. The highest BCUT2D eigenvalue weighted by Crippen LogP contribution is 2.28. The molecule has 2 aliphatic rings. The molecule has 5 heteroatoms. The summed E-state index contributed by atoms with van der Waals surface area (Å²) in [5.74, 6) is -0.0950. The molecule has 1 amide bonds. The zero-order valence-electron chi connectivity index (χ0n) is 10.4. The molecule has 2 aromatic heterocycles.